The van der Waals surface area contributed by atoms with E-state index in [1.165, 1.54) is 25.7 Å². The second kappa shape index (κ2) is 6.38. The number of carbonyl (C=O) groups is 1. The Morgan fingerprint density at radius 3 is 2.93 bits per heavy atom. The maximum absolute atomic E-state index is 11.2. The highest BCUT2D eigenvalue weighted by Gasteiger charge is 2.21. The number of hydrogen-bond donors (Lipinski definition) is 2. The van der Waals surface area contributed by atoms with Crippen LogP contribution in [0.2, 0.25) is 0 Å². The van der Waals surface area contributed by atoms with Crippen molar-refractivity contribution in [2.24, 2.45) is 17.7 Å². The number of rotatable bonds is 4. The van der Waals surface area contributed by atoms with Crippen molar-refractivity contribution in [1.29, 1.82) is 0 Å². The van der Waals surface area contributed by atoms with E-state index in [1.807, 2.05) is 18.7 Å². The molecule has 0 aromatic carbocycles. The lowest BCUT2D eigenvalue weighted by Crippen LogP contribution is -2.36. The number of nitrogens with two attached hydrogens (primary N) is 1. The van der Waals surface area contributed by atoms with E-state index < -0.39 is 0 Å². The van der Waals surface area contributed by atoms with Gasteiger partial charge < -0.3 is 0 Å². The summed E-state index contributed by atoms with van der Waals surface area (Å²) >= 11 is 1.94. The van der Waals surface area contributed by atoms with Crippen molar-refractivity contribution in [2.75, 3.05) is 5.75 Å². The predicted molar refractivity (Wildman–Crippen MR) is 65.4 cm³/mol. The second-order valence-corrected chi connectivity index (χ2v) is 5.97. The minimum atomic E-state index is -0.0497. The molecule has 1 fully saturated rings. The zero-order valence-corrected chi connectivity index (χ0v) is 10.5. The molecule has 1 aliphatic carbocycles. The van der Waals surface area contributed by atoms with Crippen molar-refractivity contribution in [2.45, 2.75) is 44.8 Å². The van der Waals surface area contributed by atoms with E-state index in [0.29, 0.717) is 0 Å². The van der Waals surface area contributed by atoms with Gasteiger partial charge in [-0.25, -0.2) is 5.84 Å². The van der Waals surface area contributed by atoms with Crippen LogP contribution in [0, 0.1) is 11.8 Å². The van der Waals surface area contributed by atoms with Gasteiger partial charge in [0.2, 0.25) is 5.91 Å². The van der Waals surface area contributed by atoms with Crippen molar-refractivity contribution in [1.82, 2.24) is 5.43 Å². The molecule has 15 heavy (non-hydrogen) atoms. The van der Waals surface area contributed by atoms with Crippen LogP contribution in [0.4, 0.5) is 0 Å². The highest BCUT2D eigenvalue weighted by atomic mass is 32.2. The number of hydrogen-bond acceptors (Lipinski definition) is 3. The van der Waals surface area contributed by atoms with Crippen molar-refractivity contribution >= 4 is 17.7 Å². The first-order valence-electron chi connectivity index (χ1n) is 5.75. The molecule has 0 saturated heterocycles. The number of hydrazine groups is 1. The molecule has 88 valence electrons. The van der Waals surface area contributed by atoms with Gasteiger partial charge in [0.1, 0.15) is 0 Å². The molecule has 1 aliphatic rings. The Morgan fingerprint density at radius 1 is 1.60 bits per heavy atom. The standard InChI is InChI=1S/C11H22N2OS/c1-8-4-3-5-10(6-8)15-7-9(2)11(14)13-12/h8-10H,3-7,12H2,1-2H3,(H,13,14). The Bertz CT molecular complexity index is 211. The molecule has 0 aromatic heterocycles. The number of amides is 1. The maximum atomic E-state index is 11.2. The summed E-state index contributed by atoms with van der Waals surface area (Å²) in [6.07, 6.45) is 5.33. The van der Waals surface area contributed by atoms with Crippen LogP contribution in [0.3, 0.4) is 0 Å². The highest BCUT2D eigenvalue weighted by molar-refractivity contribution is 7.99. The summed E-state index contributed by atoms with van der Waals surface area (Å²) in [5.41, 5.74) is 2.21. The topological polar surface area (TPSA) is 55.1 Å². The van der Waals surface area contributed by atoms with Gasteiger partial charge in [-0.05, 0) is 18.8 Å². The fourth-order valence-electron chi connectivity index (χ4n) is 2.03. The molecule has 1 amide bonds. The van der Waals surface area contributed by atoms with Gasteiger partial charge in [-0.1, -0.05) is 26.7 Å². The first-order chi connectivity index (χ1) is 7.13. The predicted octanol–water partition coefficient (Wildman–Crippen LogP) is 1.92. The van der Waals surface area contributed by atoms with E-state index in [1.54, 1.807) is 0 Å². The summed E-state index contributed by atoms with van der Waals surface area (Å²) in [6.45, 7) is 4.25. The number of nitrogens with one attached hydrogen (secondary N) is 1. The molecule has 0 aliphatic heterocycles. The zero-order chi connectivity index (χ0) is 11.3. The molecular weight excluding hydrogens is 208 g/mol. The van der Waals surface area contributed by atoms with Gasteiger partial charge in [0.05, 0.1) is 0 Å². The molecule has 3 N–H and O–H groups in total. The quantitative estimate of drug-likeness (QED) is 0.441. The van der Waals surface area contributed by atoms with E-state index in [9.17, 15) is 4.79 Å². The first-order valence-corrected chi connectivity index (χ1v) is 6.80. The fourth-order valence-corrected chi connectivity index (χ4v) is 3.54. The molecule has 3 unspecified atom stereocenters. The number of carbonyl (C=O) groups excluding carboxylic acids is 1. The van der Waals surface area contributed by atoms with Crippen LogP contribution in [0.25, 0.3) is 0 Å². The summed E-state index contributed by atoms with van der Waals surface area (Å²) in [5.74, 6) is 6.82. The van der Waals surface area contributed by atoms with Gasteiger partial charge >= 0.3 is 0 Å². The van der Waals surface area contributed by atoms with E-state index in [4.69, 9.17) is 5.84 Å². The molecule has 1 rings (SSSR count). The minimum absolute atomic E-state index is 0.0252. The van der Waals surface area contributed by atoms with Gasteiger partial charge in [0, 0.05) is 16.9 Å². The largest absolute Gasteiger partial charge is 0.294 e. The summed E-state index contributed by atoms with van der Waals surface area (Å²) in [7, 11) is 0. The Labute approximate surface area is 96.5 Å². The number of thioether (sulfide) groups is 1. The van der Waals surface area contributed by atoms with Crippen LogP contribution in [0.1, 0.15) is 39.5 Å². The monoisotopic (exact) mass is 230 g/mol. The molecular formula is C11H22N2OS. The highest BCUT2D eigenvalue weighted by Crippen LogP contribution is 2.32. The van der Waals surface area contributed by atoms with E-state index in [2.05, 4.69) is 12.3 Å². The normalized spacial score (nSPS) is 28.5. The van der Waals surface area contributed by atoms with E-state index >= 15 is 0 Å². The Hall–Kier alpha value is -0.220. The Morgan fingerprint density at radius 2 is 2.33 bits per heavy atom. The fraction of sp³-hybridized carbons (Fsp3) is 0.909. The van der Waals surface area contributed by atoms with Crippen LogP contribution in [0.5, 0.6) is 0 Å². The maximum Gasteiger partial charge on any atom is 0.237 e. The molecule has 0 radical (unpaired) electrons. The lowest BCUT2D eigenvalue weighted by atomic mass is 9.91. The van der Waals surface area contributed by atoms with E-state index in [-0.39, 0.29) is 11.8 Å². The lowest BCUT2D eigenvalue weighted by molar-refractivity contribution is -0.123. The van der Waals surface area contributed by atoms with Gasteiger partial charge in [-0.2, -0.15) is 11.8 Å². The van der Waals surface area contributed by atoms with Crippen molar-refractivity contribution in [3.05, 3.63) is 0 Å². The Balaban J connectivity index is 2.21. The lowest BCUT2D eigenvalue weighted by Gasteiger charge is -2.26. The zero-order valence-electron chi connectivity index (χ0n) is 9.66. The molecule has 1 saturated carbocycles. The van der Waals surface area contributed by atoms with Crippen LogP contribution < -0.4 is 11.3 Å². The smallest absolute Gasteiger partial charge is 0.237 e. The molecule has 3 atom stereocenters. The third kappa shape index (κ3) is 4.43. The van der Waals surface area contributed by atoms with Crippen LogP contribution in [0.15, 0.2) is 0 Å². The molecule has 0 spiro atoms. The van der Waals surface area contributed by atoms with Crippen molar-refractivity contribution < 1.29 is 4.79 Å². The van der Waals surface area contributed by atoms with Crippen molar-refractivity contribution in [3.63, 3.8) is 0 Å². The van der Waals surface area contributed by atoms with E-state index in [0.717, 1.165) is 16.9 Å². The van der Waals surface area contributed by atoms with Gasteiger partial charge in [-0.15, -0.1) is 0 Å². The molecule has 0 heterocycles. The molecule has 0 aromatic rings. The Kier molecular flexibility index (Phi) is 5.47. The first kappa shape index (κ1) is 12.8. The summed E-state index contributed by atoms with van der Waals surface area (Å²) < 4.78 is 0. The molecule has 4 heteroatoms. The van der Waals surface area contributed by atoms with Gasteiger partial charge in [0.15, 0.2) is 0 Å². The third-order valence-corrected chi connectivity index (χ3v) is 4.65. The van der Waals surface area contributed by atoms with Gasteiger partial charge in [-0.3, -0.25) is 10.2 Å². The summed E-state index contributed by atoms with van der Waals surface area (Å²) in [6, 6.07) is 0. The molecule has 0 bridgehead atoms. The van der Waals surface area contributed by atoms with Crippen LogP contribution in [-0.2, 0) is 4.79 Å². The van der Waals surface area contributed by atoms with Crippen LogP contribution in [-0.4, -0.2) is 16.9 Å². The minimum Gasteiger partial charge on any atom is -0.294 e. The third-order valence-electron chi connectivity index (χ3n) is 3.06. The van der Waals surface area contributed by atoms with Crippen LogP contribution >= 0.6 is 11.8 Å². The van der Waals surface area contributed by atoms with Crippen molar-refractivity contribution in [3.8, 4) is 0 Å². The van der Waals surface area contributed by atoms with Gasteiger partial charge in [0.25, 0.3) is 0 Å². The summed E-state index contributed by atoms with van der Waals surface area (Å²) in [5, 5.41) is 0.752. The molecule has 3 nitrogen and oxygen atoms in total. The second-order valence-electron chi connectivity index (χ2n) is 4.64. The average Bonchev–Trinajstić information content (AvgIpc) is 2.25. The average molecular weight is 230 g/mol. The summed E-state index contributed by atoms with van der Waals surface area (Å²) in [4.78, 5) is 11.2. The SMILES string of the molecule is CC1CCCC(SCC(C)C(=O)NN)C1.